The van der Waals surface area contributed by atoms with E-state index in [9.17, 15) is 27.9 Å². The average Bonchev–Trinajstić information content (AvgIpc) is 3.25. The van der Waals surface area contributed by atoms with E-state index in [-0.39, 0.29) is 24.5 Å². The van der Waals surface area contributed by atoms with Crippen molar-refractivity contribution in [2.75, 3.05) is 16.4 Å². The number of fused-ring (bicyclic) bond motifs is 2. The van der Waals surface area contributed by atoms with Gasteiger partial charge in [0.1, 0.15) is 11.8 Å². The van der Waals surface area contributed by atoms with Crippen molar-refractivity contribution in [3.05, 3.63) is 48.0 Å². The fourth-order valence-corrected chi connectivity index (χ4v) is 5.25. The Kier molecular flexibility index (Phi) is 7.74. The number of carbonyl (C=O) groups is 3. The normalized spacial score (nSPS) is 15.9. The lowest BCUT2D eigenvalue weighted by atomic mass is 10.0. The molecule has 1 aliphatic heterocycles. The zero-order valence-corrected chi connectivity index (χ0v) is 20.8. The number of ether oxygens (including phenoxy) is 1. The van der Waals surface area contributed by atoms with Crippen LogP contribution in [0.5, 0.6) is 5.75 Å². The maximum absolute atomic E-state index is 12.6. The molecular formula is C24H27N5O7S. The van der Waals surface area contributed by atoms with Crippen LogP contribution < -0.4 is 20.1 Å². The molecule has 0 fully saturated rings. The minimum absolute atomic E-state index is 0.132. The number of carboxylic acids is 1. The molecule has 12 nitrogen and oxygen atoms in total. The van der Waals surface area contributed by atoms with Crippen LogP contribution in [0, 0.1) is 0 Å². The summed E-state index contributed by atoms with van der Waals surface area (Å²) < 4.78 is 32.3. The summed E-state index contributed by atoms with van der Waals surface area (Å²) >= 11 is 0. The second kappa shape index (κ2) is 11.0. The molecule has 1 aliphatic rings. The molecule has 0 saturated heterocycles. The van der Waals surface area contributed by atoms with E-state index in [1.807, 2.05) is 25.1 Å². The van der Waals surface area contributed by atoms with Crippen molar-refractivity contribution in [2.45, 2.75) is 44.8 Å². The fourth-order valence-electron chi connectivity index (χ4n) is 3.85. The van der Waals surface area contributed by atoms with Gasteiger partial charge in [-0.25, -0.2) is 18.1 Å². The first-order valence-electron chi connectivity index (χ1n) is 11.7. The topological polar surface area (TPSA) is 180 Å². The third kappa shape index (κ3) is 6.62. The monoisotopic (exact) mass is 529 g/mol. The van der Waals surface area contributed by atoms with Gasteiger partial charge in [-0.3, -0.25) is 19.7 Å². The Labute approximate surface area is 212 Å². The molecule has 2 amide bonds. The third-order valence-electron chi connectivity index (χ3n) is 5.71. The number of imidazole rings is 1. The Morgan fingerprint density at radius 2 is 2.00 bits per heavy atom. The second-order valence-electron chi connectivity index (χ2n) is 8.67. The van der Waals surface area contributed by atoms with Crippen LogP contribution in [0.15, 0.2) is 42.5 Å². The number of nitrogens with zero attached hydrogens (tertiary/aromatic N) is 1. The fraction of sp³-hybridized carbons (Fsp3) is 0.333. The first kappa shape index (κ1) is 26.1. The number of unbranched alkanes of at least 4 members (excludes halogenated alkanes) is 1. The molecule has 0 spiro atoms. The predicted molar refractivity (Wildman–Crippen MR) is 136 cm³/mol. The first-order chi connectivity index (χ1) is 17.6. The minimum Gasteiger partial charge on any atom is -0.480 e. The number of hydrogen-bond donors (Lipinski definition) is 5. The average molecular weight is 530 g/mol. The number of H-pyrrole nitrogens is 1. The summed E-state index contributed by atoms with van der Waals surface area (Å²) in [6.07, 6.45) is -0.398. The predicted octanol–water partition coefficient (Wildman–Crippen LogP) is 2.01. The molecule has 2 aromatic carbocycles. The highest BCUT2D eigenvalue weighted by atomic mass is 32.2. The molecular weight excluding hydrogens is 502 g/mol. The van der Waals surface area contributed by atoms with Gasteiger partial charge in [0.05, 0.1) is 28.9 Å². The molecule has 1 unspecified atom stereocenters. The number of carbonyl (C=O) groups excluding carboxylic acids is 2. The van der Waals surface area contributed by atoms with Crippen LogP contribution in [-0.4, -0.2) is 59.2 Å². The van der Waals surface area contributed by atoms with E-state index in [0.717, 1.165) is 5.52 Å². The molecule has 0 bridgehead atoms. The quantitative estimate of drug-likeness (QED) is 0.250. The number of para-hydroxylation sites is 2. The van der Waals surface area contributed by atoms with Gasteiger partial charge in [0.15, 0.2) is 6.10 Å². The number of aromatic nitrogens is 2. The number of nitrogens with one attached hydrogen (secondary N) is 4. The lowest BCUT2D eigenvalue weighted by Gasteiger charge is -2.26. The number of sulfonamides is 1. The van der Waals surface area contributed by atoms with Gasteiger partial charge >= 0.3 is 5.97 Å². The summed E-state index contributed by atoms with van der Waals surface area (Å²) in [6.45, 7) is 1.84. The maximum atomic E-state index is 12.6. The lowest BCUT2D eigenvalue weighted by Crippen LogP contribution is -2.43. The number of amides is 2. The molecule has 2 atom stereocenters. The van der Waals surface area contributed by atoms with Gasteiger partial charge in [-0.15, -0.1) is 0 Å². The van der Waals surface area contributed by atoms with E-state index in [4.69, 9.17) is 4.74 Å². The Morgan fingerprint density at radius 1 is 1.22 bits per heavy atom. The van der Waals surface area contributed by atoms with E-state index in [2.05, 4.69) is 25.3 Å². The number of aromatic amines is 1. The van der Waals surface area contributed by atoms with E-state index in [0.29, 0.717) is 35.4 Å². The highest BCUT2D eigenvalue weighted by Gasteiger charge is 2.31. The van der Waals surface area contributed by atoms with Gasteiger partial charge in [0.2, 0.25) is 21.9 Å². The van der Waals surface area contributed by atoms with Crippen LogP contribution >= 0.6 is 0 Å². The molecule has 0 aliphatic carbocycles. The summed E-state index contributed by atoms with van der Waals surface area (Å²) in [6, 6.07) is 10.6. The number of aliphatic carboxylic acids is 1. The highest BCUT2D eigenvalue weighted by molar-refractivity contribution is 7.89. The summed E-state index contributed by atoms with van der Waals surface area (Å²) in [5.74, 6) is -1.93. The van der Waals surface area contributed by atoms with Crippen LogP contribution in [0.25, 0.3) is 11.0 Å². The zero-order chi connectivity index (χ0) is 26.6. The SMILES string of the molecule is CCCCS(=O)(=O)N[C@@H](Cc1ccc2c(c1)NC(=O)C(CC(=O)Nc1nc3ccccc3[nH]1)O2)C(=O)O. The zero-order valence-electron chi connectivity index (χ0n) is 20.0. The number of rotatable bonds is 11. The van der Waals surface area contributed by atoms with Crippen LogP contribution in [0.2, 0.25) is 0 Å². The van der Waals surface area contributed by atoms with Crippen LogP contribution in [0.1, 0.15) is 31.7 Å². The van der Waals surface area contributed by atoms with Crippen LogP contribution in [0.4, 0.5) is 11.6 Å². The molecule has 0 saturated carbocycles. The maximum Gasteiger partial charge on any atom is 0.322 e. The van der Waals surface area contributed by atoms with Crippen molar-refractivity contribution in [1.29, 1.82) is 0 Å². The minimum atomic E-state index is -3.75. The van der Waals surface area contributed by atoms with Gasteiger partial charge in [-0.1, -0.05) is 31.5 Å². The summed E-state index contributed by atoms with van der Waals surface area (Å²) in [5, 5.41) is 14.8. The molecule has 37 heavy (non-hydrogen) atoms. The number of hydrogen-bond acceptors (Lipinski definition) is 7. The second-order valence-corrected chi connectivity index (χ2v) is 10.5. The molecule has 5 N–H and O–H groups in total. The number of carboxylic acid groups (broad SMARTS) is 1. The number of benzene rings is 2. The largest absolute Gasteiger partial charge is 0.480 e. The van der Waals surface area contributed by atoms with Gasteiger partial charge < -0.3 is 20.1 Å². The molecule has 4 rings (SSSR count). The van der Waals surface area contributed by atoms with Crippen molar-refractivity contribution in [3.8, 4) is 5.75 Å². The van der Waals surface area contributed by atoms with Gasteiger partial charge in [-0.05, 0) is 42.7 Å². The van der Waals surface area contributed by atoms with Crippen molar-refractivity contribution >= 4 is 50.5 Å². The van der Waals surface area contributed by atoms with Gasteiger partial charge in [0.25, 0.3) is 5.91 Å². The van der Waals surface area contributed by atoms with E-state index in [1.165, 1.54) is 6.07 Å². The Balaban J connectivity index is 1.39. The molecule has 1 aromatic heterocycles. The number of anilines is 2. The van der Waals surface area contributed by atoms with Gasteiger partial charge in [0, 0.05) is 0 Å². The van der Waals surface area contributed by atoms with Crippen molar-refractivity contribution in [2.24, 2.45) is 0 Å². The Hall–Kier alpha value is -3.97. The van der Waals surface area contributed by atoms with E-state index >= 15 is 0 Å². The molecule has 0 radical (unpaired) electrons. The van der Waals surface area contributed by atoms with Gasteiger partial charge in [-0.2, -0.15) is 0 Å². The summed E-state index contributed by atoms with van der Waals surface area (Å²) in [4.78, 5) is 44.0. The molecule has 196 valence electrons. The first-order valence-corrected chi connectivity index (χ1v) is 13.4. The molecule has 3 aromatic rings. The van der Waals surface area contributed by atoms with Crippen LogP contribution in [-0.2, 0) is 30.8 Å². The summed E-state index contributed by atoms with van der Waals surface area (Å²) in [7, 11) is -3.75. The van der Waals surface area contributed by atoms with Crippen molar-refractivity contribution in [1.82, 2.24) is 14.7 Å². The smallest absolute Gasteiger partial charge is 0.322 e. The Morgan fingerprint density at radius 3 is 2.73 bits per heavy atom. The van der Waals surface area contributed by atoms with Crippen molar-refractivity contribution < 1.29 is 32.6 Å². The van der Waals surface area contributed by atoms with Crippen LogP contribution in [0.3, 0.4) is 0 Å². The highest BCUT2D eigenvalue weighted by Crippen LogP contribution is 2.32. The van der Waals surface area contributed by atoms with E-state index in [1.54, 1.807) is 18.2 Å². The van der Waals surface area contributed by atoms with Crippen molar-refractivity contribution in [3.63, 3.8) is 0 Å². The summed E-state index contributed by atoms with van der Waals surface area (Å²) in [5.41, 5.74) is 2.23. The Bertz CT molecular complexity index is 1400. The molecule has 13 heteroatoms. The standard InChI is InChI=1S/C24H27N5O7S/c1-2-3-10-37(34,35)29-18(23(32)33)12-14-8-9-19-17(11-14)25-22(31)20(36-19)13-21(30)28-24-26-15-6-4-5-7-16(15)27-24/h4-9,11,18,20,29H,2-3,10,12-13H2,1H3,(H,25,31)(H,32,33)(H2,26,27,28,30)/t18-,20?/m0/s1. The third-order valence-corrected chi connectivity index (χ3v) is 7.18. The lowest BCUT2D eigenvalue weighted by molar-refractivity contribution is -0.139. The van der Waals surface area contributed by atoms with E-state index < -0.39 is 40.0 Å². The molecule has 2 heterocycles.